The SMILES string of the molecule is CCCOc1ccc(CN2C(=O)NC(=O)/C(=C\c3cc(Br)cc(Br)c3OS(=O)(=O)c3ccc(C)cc3)C2=O)cc1OCC. The monoisotopic (exact) mass is 734 g/mol. The van der Waals surface area contributed by atoms with Crippen LogP contribution >= 0.6 is 31.9 Å². The first-order chi connectivity index (χ1) is 20.4. The van der Waals surface area contributed by atoms with E-state index >= 15 is 0 Å². The van der Waals surface area contributed by atoms with Crippen LogP contribution in [0.25, 0.3) is 6.08 Å². The highest BCUT2D eigenvalue weighted by Gasteiger charge is 2.36. The van der Waals surface area contributed by atoms with Gasteiger partial charge in [0.15, 0.2) is 17.2 Å². The topological polar surface area (TPSA) is 128 Å². The molecule has 1 N–H and O–H groups in total. The summed E-state index contributed by atoms with van der Waals surface area (Å²) in [5, 5.41) is 2.18. The van der Waals surface area contributed by atoms with Gasteiger partial charge in [-0.05, 0) is 84.2 Å². The van der Waals surface area contributed by atoms with E-state index < -0.39 is 33.5 Å². The van der Waals surface area contributed by atoms with Gasteiger partial charge in [0.05, 0.1) is 24.2 Å². The third-order valence-corrected chi connectivity index (χ3v) is 8.42. The van der Waals surface area contributed by atoms with E-state index in [1.54, 1.807) is 36.4 Å². The quantitative estimate of drug-likeness (QED) is 0.141. The number of benzene rings is 3. The molecule has 0 aromatic heterocycles. The van der Waals surface area contributed by atoms with Crippen LogP contribution in [-0.2, 0) is 26.3 Å². The van der Waals surface area contributed by atoms with Gasteiger partial charge >= 0.3 is 16.1 Å². The van der Waals surface area contributed by atoms with Crippen LogP contribution in [0.3, 0.4) is 0 Å². The van der Waals surface area contributed by atoms with Crippen LogP contribution < -0.4 is 19.0 Å². The number of carbonyl (C=O) groups excluding carboxylic acids is 3. The molecule has 3 aromatic rings. The minimum absolute atomic E-state index is 0.0766. The summed E-state index contributed by atoms with van der Waals surface area (Å²) in [6, 6.07) is 13.3. The first-order valence-electron chi connectivity index (χ1n) is 13.2. The number of amides is 4. The maximum atomic E-state index is 13.5. The molecule has 0 radical (unpaired) electrons. The molecule has 0 saturated carbocycles. The molecule has 0 spiro atoms. The van der Waals surface area contributed by atoms with Crippen molar-refractivity contribution in [3.05, 3.63) is 85.8 Å². The van der Waals surface area contributed by atoms with E-state index in [1.165, 1.54) is 24.3 Å². The summed E-state index contributed by atoms with van der Waals surface area (Å²) in [5.74, 6) is -0.967. The molecular weight excluding hydrogens is 708 g/mol. The van der Waals surface area contributed by atoms with Gasteiger partial charge in [-0.25, -0.2) is 4.79 Å². The van der Waals surface area contributed by atoms with E-state index in [1.807, 2.05) is 20.8 Å². The van der Waals surface area contributed by atoms with E-state index in [0.717, 1.165) is 16.9 Å². The zero-order valence-corrected chi connectivity index (χ0v) is 27.5. The normalized spacial score (nSPS) is 14.6. The molecule has 226 valence electrons. The van der Waals surface area contributed by atoms with Gasteiger partial charge < -0.3 is 13.7 Å². The van der Waals surface area contributed by atoms with Crippen LogP contribution in [0.4, 0.5) is 4.79 Å². The fraction of sp³-hybridized carbons (Fsp3) is 0.233. The molecule has 4 rings (SSSR count). The van der Waals surface area contributed by atoms with Crippen LogP contribution in [0.2, 0.25) is 0 Å². The Bertz CT molecular complexity index is 1710. The Labute approximate surface area is 266 Å². The summed E-state index contributed by atoms with van der Waals surface area (Å²) in [5.41, 5.74) is 1.13. The first kappa shape index (κ1) is 32.2. The summed E-state index contributed by atoms with van der Waals surface area (Å²) in [6.45, 7) is 6.32. The Morgan fingerprint density at radius 1 is 0.930 bits per heavy atom. The van der Waals surface area contributed by atoms with Gasteiger partial charge in [0.25, 0.3) is 11.8 Å². The predicted molar refractivity (Wildman–Crippen MR) is 166 cm³/mol. The Kier molecular flexibility index (Phi) is 10.3. The molecule has 0 bridgehead atoms. The maximum Gasteiger partial charge on any atom is 0.339 e. The molecule has 0 aliphatic carbocycles. The average Bonchev–Trinajstić information content (AvgIpc) is 2.95. The minimum atomic E-state index is -4.28. The first-order valence-corrected chi connectivity index (χ1v) is 16.2. The van der Waals surface area contributed by atoms with Crippen molar-refractivity contribution in [2.24, 2.45) is 0 Å². The molecule has 1 aliphatic rings. The standard InChI is InChI=1S/C30H28Br2N2O8S/c1-4-12-41-25-11-8-19(13-26(25)40-5-2)17-34-29(36)23(28(35)33-30(34)37)15-20-14-21(31)16-24(32)27(20)42-43(38,39)22-9-6-18(3)7-10-22/h6-11,13-16H,4-5,12,17H2,1-3H3,(H,33,35,37)/b23-15+. The van der Waals surface area contributed by atoms with Crippen molar-refractivity contribution in [1.82, 2.24) is 10.2 Å². The number of hydrogen-bond acceptors (Lipinski definition) is 8. The molecular formula is C30H28Br2N2O8S. The molecule has 43 heavy (non-hydrogen) atoms. The van der Waals surface area contributed by atoms with Crippen LogP contribution in [-0.4, -0.2) is 44.4 Å². The van der Waals surface area contributed by atoms with Gasteiger partial charge in [-0.1, -0.05) is 46.6 Å². The lowest BCUT2D eigenvalue weighted by atomic mass is 10.1. The predicted octanol–water partition coefficient (Wildman–Crippen LogP) is 6.14. The Hall–Kier alpha value is -3.68. The third kappa shape index (κ3) is 7.64. The highest BCUT2D eigenvalue weighted by atomic mass is 79.9. The summed E-state index contributed by atoms with van der Waals surface area (Å²) < 4.78 is 43.8. The highest BCUT2D eigenvalue weighted by molar-refractivity contribution is 9.11. The van der Waals surface area contributed by atoms with E-state index in [9.17, 15) is 22.8 Å². The largest absolute Gasteiger partial charge is 0.490 e. The molecule has 1 heterocycles. The van der Waals surface area contributed by atoms with Crippen molar-refractivity contribution in [1.29, 1.82) is 0 Å². The van der Waals surface area contributed by atoms with Crippen molar-refractivity contribution in [2.75, 3.05) is 13.2 Å². The Morgan fingerprint density at radius 3 is 2.33 bits per heavy atom. The summed E-state index contributed by atoms with van der Waals surface area (Å²) in [7, 11) is -4.28. The van der Waals surface area contributed by atoms with Gasteiger partial charge in [0, 0.05) is 10.0 Å². The summed E-state index contributed by atoms with van der Waals surface area (Å²) >= 11 is 6.66. The Balaban J connectivity index is 1.68. The van der Waals surface area contributed by atoms with Crippen LogP contribution in [0.1, 0.15) is 37.0 Å². The van der Waals surface area contributed by atoms with Crippen molar-refractivity contribution >= 4 is 65.9 Å². The minimum Gasteiger partial charge on any atom is -0.490 e. The molecule has 1 saturated heterocycles. The number of urea groups is 1. The molecule has 13 heteroatoms. The van der Waals surface area contributed by atoms with E-state index in [-0.39, 0.29) is 27.2 Å². The highest BCUT2D eigenvalue weighted by Crippen LogP contribution is 2.37. The lowest BCUT2D eigenvalue weighted by Gasteiger charge is -2.27. The Morgan fingerprint density at radius 2 is 1.65 bits per heavy atom. The summed E-state index contributed by atoms with van der Waals surface area (Å²) in [6.07, 6.45) is 1.98. The van der Waals surface area contributed by atoms with Gasteiger partial charge in [0.2, 0.25) is 0 Å². The maximum absolute atomic E-state index is 13.5. The number of nitrogens with zero attached hydrogens (tertiary/aromatic N) is 1. The molecule has 1 aliphatic heterocycles. The number of ether oxygens (including phenoxy) is 2. The van der Waals surface area contributed by atoms with Crippen molar-refractivity contribution in [3.8, 4) is 17.2 Å². The number of hydrogen-bond donors (Lipinski definition) is 1. The van der Waals surface area contributed by atoms with Crippen molar-refractivity contribution < 1.29 is 36.5 Å². The van der Waals surface area contributed by atoms with Crippen LogP contribution in [0.5, 0.6) is 17.2 Å². The second-order valence-electron chi connectivity index (χ2n) is 9.43. The lowest BCUT2D eigenvalue weighted by molar-refractivity contribution is -0.130. The number of carbonyl (C=O) groups is 3. The van der Waals surface area contributed by atoms with Crippen LogP contribution in [0, 0.1) is 6.92 Å². The van der Waals surface area contributed by atoms with Gasteiger partial charge in [0.1, 0.15) is 10.5 Å². The fourth-order valence-corrected chi connectivity index (χ4v) is 6.48. The number of rotatable bonds is 11. The molecule has 0 unspecified atom stereocenters. The zero-order chi connectivity index (χ0) is 31.3. The van der Waals surface area contributed by atoms with Gasteiger partial charge in [-0.2, -0.15) is 8.42 Å². The molecule has 1 fully saturated rings. The molecule has 3 aromatic carbocycles. The van der Waals surface area contributed by atoms with Crippen LogP contribution in [0.15, 0.2) is 74.0 Å². The summed E-state index contributed by atoms with van der Waals surface area (Å²) in [4.78, 5) is 39.9. The van der Waals surface area contributed by atoms with Gasteiger partial charge in [-0.15, -0.1) is 0 Å². The van der Waals surface area contributed by atoms with E-state index in [2.05, 4.69) is 37.2 Å². The van der Waals surface area contributed by atoms with E-state index in [0.29, 0.717) is 34.7 Å². The average molecular weight is 736 g/mol. The van der Waals surface area contributed by atoms with E-state index in [4.69, 9.17) is 13.7 Å². The fourth-order valence-electron chi connectivity index (χ4n) is 4.06. The second kappa shape index (κ2) is 13.7. The molecule has 4 amide bonds. The zero-order valence-electron chi connectivity index (χ0n) is 23.5. The van der Waals surface area contributed by atoms with Crippen molar-refractivity contribution in [3.63, 3.8) is 0 Å². The van der Waals surface area contributed by atoms with Gasteiger partial charge in [-0.3, -0.25) is 19.8 Å². The number of barbiturate groups is 1. The number of aryl methyl sites for hydroxylation is 1. The molecule has 0 atom stereocenters. The lowest BCUT2D eigenvalue weighted by Crippen LogP contribution is -2.53. The third-order valence-electron chi connectivity index (χ3n) is 6.14. The number of nitrogens with one attached hydrogen (secondary N) is 1. The number of imide groups is 2. The molecule has 10 nitrogen and oxygen atoms in total. The number of halogens is 2. The smallest absolute Gasteiger partial charge is 0.339 e. The van der Waals surface area contributed by atoms with Crippen molar-refractivity contribution in [2.45, 2.75) is 38.6 Å². The second-order valence-corrected chi connectivity index (χ2v) is 12.7.